The van der Waals surface area contributed by atoms with Crippen molar-refractivity contribution in [3.8, 4) is 0 Å². The number of aryl methyl sites for hydroxylation is 1. The Morgan fingerprint density at radius 2 is 2.26 bits per heavy atom. The molecule has 146 valence electrons. The minimum Gasteiger partial charge on any atom is -0.462 e. The number of aromatic nitrogens is 1. The van der Waals surface area contributed by atoms with Crippen LogP contribution in [0.3, 0.4) is 0 Å². The first-order valence-electron chi connectivity index (χ1n) is 9.24. The topological polar surface area (TPSA) is 90.8 Å². The molecular formula is C19H27N4O3S+. The maximum Gasteiger partial charge on any atom is 0.341 e. The summed E-state index contributed by atoms with van der Waals surface area (Å²) in [6.45, 7) is 3.59. The van der Waals surface area contributed by atoms with Crippen molar-refractivity contribution >= 4 is 28.2 Å². The summed E-state index contributed by atoms with van der Waals surface area (Å²) in [5.74, 6) is -0.670. The molecule has 1 amide bonds. The second-order valence-corrected chi connectivity index (χ2v) is 7.82. The molecule has 2 atom stereocenters. The van der Waals surface area contributed by atoms with Crippen molar-refractivity contribution in [2.24, 2.45) is 7.05 Å². The number of hydrogen-bond donors (Lipinski definition) is 3. The van der Waals surface area contributed by atoms with E-state index >= 15 is 0 Å². The SMILES string of the molecule is CCOC(=O)c1c(N)sc(C(=O)NC)c1C[NH+]1CCC[C@@H]1c1cccn1C. The number of likely N-dealkylation sites (tertiary alicyclic amines) is 1. The molecule has 1 fully saturated rings. The number of hydrogen-bond acceptors (Lipinski definition) is 5. The summed E-state index contributed by atoms with van der Waals surface area (Å²) in [7, 11) is 3.63. The molecule has 0 bridgehead atoms. The Morgan fingerprint density at radius 3 is 2.89 bits per heavy atom. The third-order valence-corrected chi connectivity index (χ3v) is 6.24. The highest BCUT2D eigenvalue weighted by molar-refractivity contribution is 7.18. The quantitative estimate of drug-likeness (QED) is 0.644. The maximum atomic E-state index is 12.5. The van der Waals surface area contributed by atoms with Crippen molar-refractivity contribution in [2.75, 3.05) is 25.9 Å². The van der Waals surface area contributed by atoms with Crippen LogP contribution >= 0.6 is 11.3 Å². The highest BCUT2D eigenvalue weighted by atomic mass is 32.1. The largest absolute Gasteiger partial charge is 0.462 e. The van der Waals surface area contributed by atoms with Crippen LogP contribution in [-0.4, -0.2) is 36.6 Å². The summed E-state index contributed by atoms with van der Waals surface area (Å²) < 4.78 is 7.34. The second-order valence-electron chi connectivity index (χ2n) is 6.77. The zero-order chi connectivity index (χ0) is 19.6. The molecule has 1 unspecified atom stereocenters. The molecule has 0 aliphatic carbocycles. The first-order chi connectivity index (χ1) is 13.0. The van der Waals surface area contributed by atoms with Crippen LogP contribution in [0.25, 0.3) is 0 Å². The van der Waals surface area contributed by atoms with Crippen LogP contribution < -0.4 is 16.0 Å². The summed E-state index contributed by atoms with van der Waals surface area (Å²) >= 11 is 1.16. The molecule has 8 heteroatoms. The summed E-state index contributed by atoms with van der Waals surface area (Å²) in [5.41, 5.74) is 8.44. The number of esters is 1. The molecule has 1 saturated heterocycles. The van der Waals surface area contributed by atoms with Crippen molar-refractivity contribution in [1.82, 2.24) is 9.88 Å². The van der Waals surface area contributed by atoms with E-state index in [4.69, 9.17) is 10.5 Å². The third-order valence-electron chi connectivity index (χ3n) is 5.18. The molecule has 27 heavy (non-hydrogen) atoms. The lowest BCUT2D eigenvalue weighted by Gasteiger charge is -2.23. The monoisotopic (exact) mass is 391 g/mol. The smallest absolute Gasteiger partial charge is 0.341 e. The molecule has 3 heterocycles. The van der Waals surface area contributed by atoms with Gasteiger partial charge in [-0.15, -0.1) is 11.3 Å². The van der Waals surface area contributed by atoms with Gasteiger partial charge in [-0.25, -0.2) is 4.79 Å². The lowest BCUT2D eigenvalue weighted by molar-refractivity contribution is -0.932. The van der Waals surface area contributed by atoms with Gasteiger partial charge in [0.25, 0.3) is 5.91 Å². The molecule has 1 aliphatic rings. The van der Waals surface area contributed by atoms with Crippen LogP contribution in [0, 0.1) is 0 Å². The molecule has 0 saturated carbocycles. The molecule has 0 radical (unpaired) electrons. The number of nitrogens with zero attached hydrogens (tertiary/aromatic N) is 1. The van der Waals surface area contributed by atoms with Gasteiger partial charge < -0.3 is 25.3 Å². The van der Waals surface area contributed by atoms with Gasteiger partial charge in [0, 0.05) is 38.7 Å². The fourth-order valence-corrected chi connectivity index (χ4v) is 4.94. The van der Waals surface area contributed by atoms with Crippen LogP contribution in [-0.2, 0) is 18.3 Å². The predicted octanol–water partition coefficient (Wildman–Crippen LogP) is 1.13. The number of rotatable bonds is 6. The number of quaternary nitrogens is 1. The lowest BCUT2D eigenvalue weighted by Crippen LogP contribution is -3.09. The minimum atomic E-state index is -0.453. The van der Waals surface area contributed by atoms with Crippen LogP contribution in [0.1, 0.15) is 57.1 Å². The van der Waals surface area contributed by atoms with E-state index in [0.717, 1.165) is 30.7 Å². The second kappa shape index (κ2) is 8.14. The van der Waals surface area contributed by atoms with Crippen molar-refractivity contribution in [1.29, 1.82) is 0 Å². The van der Waals surface area contributed by atoms with E-state index in [2.05, 4.69) is 16.0 Å². The maximum absolute atomic E-state index is 12.5. The van der Waals surface area contributed by atoms with E-state index in [1.54, 1.807) is 14.0 Å². The Hall–Kier alpha value is -2.32. The van der Waals surface area contributed by atoms with Gasteiger partial charge in [-0.1, -0.05) is 0 Å². The van der Waals surface area contributed by atoms with Crippen LogP contribution in [0.4, 0.5) is 5.00 Å². The summed E-state index contributed by atoms with van der Waals surface area (Å²) in [5, 5.41) is 3.00. The predicted molar refractivity (Wildman–Crippen MR) is 105 cm³/mol. The Morgan fingerprint density at radius 1 is 1.48 bits per heavy atom. The highest BCUT2D eigenvalue weighted by Gasteiger charge is 2.35. The van der Waals surface area contributed by atoms with Gasteiger partial charge in [0.1, 0.15) is 28.0 Å². The van der Waals surface area contributed by atoms with Crippen molar-refractivity contribution in [3.63, 3.8) is 0 Å². The van der Waals surface area contributed by atoms with Crippen LogP contribution in [0.5, 0.6) is 0 Å². The van der Waals surface area contributed by atoms with Gasteiger partial charge in [-0.3, -0.25) is 4.79 Å². The molecule has 4 N–H and O–H groups in total. The number of anilines is 1. The zero-order valence-corrected chi connectivity index (χ0v) is 16.8. The molecular weight excluding hydrogens is 364 g/mol. The van der Waals surface area contributed by atoms with Crippen LogP contribution in [0.2, 0.25) is 0 Å². The number of carbonyl (C=O) groups is 2. The van der Waals surface area contributed by atoms with E-state index in [0.29, 0.717) is 33.6 Å². The average molecular weight is 392 g/mol. The number of nitrogens with two attached hydrogens (primary N) is 1. The third kappa shape index (κ3) is 3.72. The first kappa shape index (κ1) is 19.4. The highest BCUT2D eigenvalue weighted by Crippen LogP contribution is 2.32. The van der Waals surface area contributed by atoms with Crippen molar-refractivity contribution < 1.29 is 19.2 Å². The van der Waals surface area contributed by atoms with E-state index in [1.807, 2.05) is 19.3 Å². The Bertz CT molecular complexity index is 842. The Balaban J connectivity index is 1.98. The Kier molecular flexibility index (Phi) is 5.86. The van der Waals surface area contributed by atoms with Gasteiger partial charge in [-0.05, 0) is 19.1 Å². The molecule has 1 aliphatic heterocycles. The average Bonchev–Trinajstić information content (AvgIpc) is 3.34. The molecule has 3 rings (SSSR count). The van der Waals surface area contributed by atoms with Gasteiger partial charge in [0.05, 0.1) is 18.8 Å². The zero-order valence-electron chi connectivity index (χ0n) is 16.0. The standard InChI is InChI=1S/C19H26N4O3S/c1-4-26-19(25)15-12(16(18(24)21-2)27-17(15)20)11-23-10-6-8-14(23)13-7-5-9-22(13)3/h5,7,9,14H,4,6,8,10-11,20H2,1-3H3,(H,21,24)/p+1/t14-/m1/s1. The Labute approximate surface area is 163 Å². The fourth-order valence-electron chi connectivity index (χ4n) is 3.92. The van der Waals surface area contributed by atoms with E-state index in [1.165, 1.54) is 10.6 Å². The molecule has 7 nitrogen and oxygen atoms in total. The molecule has 2 aromatic heterocycles. The summed E-state index contributed by atoms with van der Waals surface area (Å²) in [6.07, 6.45) is 4.24. The van der Waals surface area contributed by atoms with Gasteiger partial charge >= 0.3 is 5.97 Å². The van der Waals surface area contributed by atoms with Crippen molar-refractivity contribution in [2.45, 2.75) is 32.4 Å². The van der Waals surface area contributed by atoms with Crippen LogP contribution in [0.15, 0.2) is 18.3 Å². The number of ether oxygens (including phenoxy) is 1. The lowest BCUT2D eigenvalue weighted by atomic mass is 10.1. The summed E-state index contributed by atoms with van der Waals surface area (Å²) in [4.78, 5) is 26.7. The minimum absolute atomic E-state index is 0.216. The van der Waals surface area contributed by atoms with Gasteiger partial charge in [0.15, 0.2) is 0 Å². The normalized spacial score (nSPS) is 19.2. The van der Waals surface area contributed by atoms with Gasteiger partial charge in [0.2, 0.25) is 0 Å². The number of amides is 1. The first-order valence-corrected chi connectivity index (χ1v) is 10.1. The number of nitrogens with one attached hydrogen (secondary N) is 2. The molecule has 2 aromatic rings. The molecule has 0 aromatic carbocycles. The summed E-state index contributed by atoms with van der Waals surface area (Å²) in [6, 6.07) is 4.52. The van der Waals surface area contributed by atoms with Gasteiger partial charge in [-0.2, -0.15) is 0 Å². The van der Waals surface area contributed by atoms with Crippen molar-refractivity contribution in [3.05, 3.63) is 40.0 Å². The number of carbonyl (C=O) groups excluding carboxylic acids is 2. The number of nitrogen functional groups attached to an aromatic ring is 1. The van der Waals surface area contributed by atoms with E-state index < -0.39 is 5.97 Å². The van der Waals surface area contributed by atoms with E-state index in [-0.39, 0.29) is 12.5 Å². The van der Waals surface area contributed by atoms with E-state index in [9.17, 15) is 9.59 Å². The fraction of sp³-hybridized carbons (Fsp3) is 0.474. The molecule has 0 spiro atoms. The number of thiophene rings is 1.